The first-order valence-corrected chi connectivity index (χ1v) is 8.95. The lowest BCUT2D eigenvalue weighted by atomic mass is 10.2. The van der Waals surface area contributed by atoms with Gasteiger partial charge in [0.15, 0.2) is 11.5 Å². The number of aromatic nitrogens is 1. The highest BCUT2D eigenvalue weighted by molar-refractivity contribution is 7.09. The van der Waals surface area contributed by atoms with Gasteiger partial charge in [0.2, 0.25) is 6.79 Å². The molecule has 4 rings (SSSR count). The molecule has 0 saturated heterocycles. The lowest BCUT2D eigenvalue weighted by molar-refractivity contribution is 0.0946. The van der Waals surface area contributed by atoms with Gasteiger partial charge in [0.1, 0.15) is 23.1 Å². The third-order valence-corrected chi connectivity index (χ3v) is 4.61. The molecule has 0 spiro atoms. The van der Waals surface area contributed by atoms with Crippen molar-refractivity contribution in [1.29, 1.82) is 0 Å². The molecule has 1 aliphatic heterocycles. The number of nitrogens with one attached hydrogen (secondary N) is 1. The summed E-state index contributed by atoms with van der Waals surface area (Å²) in [5.41, 5.74) is 1.44. The molecule has 6 nitrogen and oxygen atoms in total. The second-order valence-corrected chi connectivity index (χ2v) is 6.54. The number of thiazole rings is 1. The van der Waals surface area contributed by atoms with Gasteiger partial charge in [0.05, 0.1) is 0 Å². The van der Waals surface area contributed by atoms with E-state index in [-0.39, 0.29) is 19.3 Å². The maximum Gasteiger partial charge on any atom is 0.271 e. The van der Waals surface area contributed by atoms with Gasteiger partial charge < -0.3 is 19.5 Å². The number of carbonyl (C=O) groups excluding carboxylic acids is 1. The molecule has 2 heterocycles. The first-order valence-electron chi connectivity index (χ1n) is 8.07. The highest BCUT2D eigenvalue weighted by Crippen LogP contribution is 2.35. The summed E-state index contributed by atoms with van der Waals surface area (Å²) < 4.78 is 16.3. The zero-order valence-corrected chi connectivity index (χ0v) is 14.6. The Morgan fingerprint density at radius 3 is 2.88 bits per heavy atom. The number of carbonyl (C=O) groups is 1. The smallest absolute Gasteiger partial charge is 0.271 e. The van der Waals surface area contributed by atoms with E-state index in [1.165, 1.54) is 11.3 Å². The van der Waals surface area contributed by atoms with Crippen LogP contribution in [0.25, 0.3) is 0 Å². The summed E-state index contributed by atoms with van der Waals surface area (Å²) in [4.78, 5) is 16.5. The Balaban J connectivity index is 1.32. The van der Waals surface area contributed by atoms with E-state index >= 15 is 0 Å². The van der Waals surface area contributed by atoms with Gasteiger partial charge in [0.25, 0.3) is 5.91 Å². The number of rotatable bonds is 6. The maximum absolute atomic E-state index is 12.2. The van der Waals surface area contributed by atoms with Crippen LogP contribution in [-0.4, -0.2) is 17.7 Å². The number of hydrogen-bond donors (Lipinski definition) is 1. The van der Waals surface area contributed by atoms with Gasteiger partial charge in [-0.3, -0.25) is 4.79 Å². The molecule has 0 saturated carbocycles. The monoisotopic (exact) mass is 368 g/mol. The molecule has 0 aliphatic carbocycles. The van der Waals surface area contributed by atoms with E-state index in [2.05, 4.69) is 10.3 Å². The molecule has 1 N–H and O–H groups in total. The Morgan fingerprint density at radius 2 is 2.00 bits per heavy atom. The highest BCUT2D eigenvalue weighted by Gasteiger charge is 2.15. The summed E-state index contributed by atoms with van der Waals surface area (Å²) in [6.45, 7) is 0.989. The number of nitrogens with zero attached hydrogens (tertiary/aromatic N) is 1. The fraction of sp³-hybridized carbons (Fsp3) is 0.158. The van der Waals surface area contributed by atoms with E-state index in [0.29, 0.717) is 29.5 Å². The standard InChI is InChI=1S/C19H16N2O4S/c22-19(20-9-13-4-2-1-3-5-13)15-11-26-18(21-15)10-23-14-6-7-16-17(8-14)25-12-24-16/h1-8,11H,9-10,12H2,(H,20,22). The van der Waals surface area contributed by atoms with Gasteiger partial charge in [-0.2, -0.15) is 0 Å². The molecule has 26 heavy (non-hydrogen) atoms. The Kier molecular flexibility index (Phi) is 4.70. The number of ether oxygens (including phenoxy) is 3. The van der Waals surface area contributed by atoms with Gasteiger partial charge in [0, 0.05) is 18.0 Å². The van der Waals surface area contributed by atoms with Gasteiger partial charge in [-0.15, -0.1) is 11.3 Å². The van der Waals surface area contributed by atoms with E-state index in [0.717, 1.165) is 10.6 Å². The highest BCUT2D eigenvalue weighted by atomic mass is 32.1. The van der Waals surface area contributed by atoms with Crippen molar-refractivity contribution in [1.82, 2.24) is 10.3 Å². The third kappa shape index (κ3) is 3.78. The van der Waals surface area contributed by atoms with Crippen molar-refractivity contribution < 1.29 is 19.0 Å². The Morgan fingerprint density at radius 1 is 1.15 bits per heavy atom. The minimum absolute atomic E-state index is 0.195. The van der Waals surface area contributed by atoms with Crippen molar-refractivity contribution >= 4 is 17.2 Å². The average Bonchev–Trinajstić information content (AvgIpc) is 3.34. The van der Waals surface area contributed by atoms with Crippen LogP contribution in [0.3, 0.4) is 0 Å². The SMILES string of the molecule is O=C(NCc1ccccc1)c1csc(COc2ccc3c(c2)OCO3)n1. The Bertz CT molecular complexity index is 911. The van der Waals surface area contributed by atoms with E-state index in [1.54, 1.807) is 11.4 Å². The zero-order chi connectivity index (χ0) is 17.8. The van der Waals surface area contributed by atoms with Crippen molar-refractivity contribution in [2.24, 2.45) is 0 Å². The third-order valence-electron chi connectivity index (χ3n) is 3.79. The molecule has 1 aliphatic rings. The number of fused-ring (bicyclic) bond motifs is 1. The van der Waals surface area contributed by atoms with Gasteiger partial charge in [-0.1, -0.05) is 30.3 Å². The van der Waals surface area contributed by atoms with E-state index in [4.69, 9.17) is 14.2 Å². The van der Waals surface area contributed by atoms with Crippen LogP contribution in [0.2, 0.25) is 0 Å². The van der Waals surface area contributed by atoms with Crippen LogP contribution in [0, 0.1) is 0 Å². The van der Waals surface area contributed by atoms with Crippen molar-refractivity contribution in [3.63, 3.8) is 0 Å². The van der Waals surface area contributed by atoms with Crippen LogP contribution in [0.4, 0.5) is 0 Å². The van der Waals surface area contributed by atoms with Crippen molar-refractivity contribution in [3.05, 3.63) is 70.2 Å². The molecule has 1 amide bonds. The van der Waals surface area contributed by atoms with Crippen LogP contribution in [0.1, 0.15) is 21.1 Å². The fourth-order valence-corrected chi connectivity index (χ4v) is 3.15. The first-order chi connectivity index (χ1) is 12.8. The Hall–Kier alpha value is -3.06. The maximum atomic E-state index is 12.2. The molecular formula is C19H16N2O4S. The first kappa shape index (κ1) is 16.4. The largest absolute Gasteiger partial charge is 0.486 e. The van der Waals surface area contributed by atoms with Crippen LogP contribution in [0.5, 0.6) is 17.2 Å². The van der Waals surface area contributed by atoms with E-state index in [1.807, 2.05) is 42.5 Å². The number of hydrogen-bond acceptors (Lipinski definition) is 6. The van der Waals surface area contributed by atoms with Crippen LogP contribution >= 0.6 is 11.3 Å². The minimum Gasteiger partial charge on any atom is -0.486 e. The molecule has 7 heteroatoms. The normalized spacial score (nSPS) is 12.0. The quantitative estimate of drug-likeness (QED) is 0.722. The lowest BCUT2D eigenvalue weighted by Gasteiger charge is -2.05. The molecule has 0 bridgehead atoms. The molecule has 2 aromatic carbocycles. The van der Waals surface area contributed by atoms with E-state index < -0.39 is 0 Å². The molecule has 0 atom stereocenters. The van der Waals surface area contributed by atoms with Crippen LogP contribution in [0.15, 0.2) is 53.9 Å². The molecule has 132 valence electrons. The number of amides is 1. The second kappa shape index (κ2) is 7.45. The summed E-state index contributed by atoms with van der Waals surface area (Å²) in [6, 6.07) is 15.2. The summed E-state index contributed by atoms with van der Waals surface area (Å²) in [5.74, 6) is 1.85. The molecule has 0 radical (unpaired) electrons. The predicted molar refractivity (Wildman–Crippen MR) is 96.6 cm³/mol. The van der Waals surface area contributed by atoms with Crippen molar-refractivity contribution in [2.45, 2.75) is 13.2 Å². The van der Waals surface area contributed by atoms with Crippen molar-refractivity contribution in [3.8, 4) is 17.2 Å². The van der Waals surface area contributed by atoms with Gasteiger partial charge >= 0.3 is 0 Å². The van der Waals surface area contributed by atoms with Crippen molar-refractivity contribution in [2.75, 3.05) is 6.79 Å². The predicted octanol–water partition coefficient (Wildman–Crippen LogP) is 3.38. The molecule has 1 aromatic heterocycles. The Labute approximate surface area is 154 Å². The summed E-state index contributed by atoms with van der Waals surface area (Å²) >= 11 is 1.39. The van der Waals surface area contributed by atoms with Gasteiger partial charge in [-0.05, 0) is 17.7 Å². The van der Waals surface area contributed by atoms with E-state index in [9.17, 15) is 4.79 Å². The number of benzene rings is 2. The zero-order valence-electron chi connectivity index (χ0n) is 13.8. The molecular weight excluding hydrogens is 352 g/mol. The topological polar surface area (TPSA) is 69.7 Å². The molecule has 0 unspecified atom stereocenters. The lowest BCUT2D eigenvalue weighted by Crippen LogP contribution is -2.23. The van der Waals surface area contributed by atoms with Crippen LogP contribution in [-0.2, 0) is 13.2 Å². The average molecular weight is 368 g/mol. The van der Waals surface area contributed by atoms with Gasteiger partial charge in [-0.25, -0.2) is 4.98 Å². The summed E-state index contributed by atoms with van der Waals surface area (Å²) in [7, 11) is 0. The van der Waals surface area contributed by atoms with Crippen LogP contribution < -0.4 is 19.5 Å². The molecule has 0 fully saturated rings. The summed E-state index contributed by atoms with van der Waals surface area (Å²) in [6.07, 6.45) is 0. The second-order valence-electron chi connectivity index (χ2n) is 5.60. The minimum atomic E-state index is -0.195. The fourth-order valence-electron chi connectivity index (χ4n) is 2.46. The molecule has 3 aromatic rings. The summed E-state index contributed by atoms with van der Waals surface area (Å²) in [5, 5.41) is 5.33.